The van der Waals surface area contributed by atoms with Crippen LogP contribution in [-0.2, 0) is 9.53 Å². The molecule has 1 aromatic carbocycles. The lowest BCUT2D eigenvalue weighted by molar-refractivity contribution is -0.137. The summed E-state index contributed by atoms with van der Waals surface area (Å²) in [5, 5.41) is 9.88. The first-order valence-corrected chi connectivity index (χ1v) is 11.5. The van der Waals surface area contributed by atoms with E-state index in [1.807, 2.05) is 0 Å². The number of hydrogen-bond donors (Lipinski definition) is 1. The zero-order valence-electron chi connectivity index (χ0n) is 16.0. The van der Waals surface area contributed by atoms with E-state index in [2.05, 4.69) is 32.1 Å². The molecule has 0 heterocycles. The molecule has 0 atom stereocenters. The molecule has 6 nitrogen and oxygen atoms in total. The fourth-order valence-corrected chi connectivity index (χ4v) is 5.11. The van der Waals surface area contributed by atoms with Crippen molar-refractivity contribution in [1.29, 1.82) is 0 Å². The zero-order chi connectivity index (χ0) is 19.0. The minimum absolute atomic E-state index is 0.0715. The Balaban J connectivity index is 2.63. The summed E-state index contributed by atoms with van der Waals surface area (Å²) in [6.07, 6.45) is 4.04. The number of carbonyl (C=O) groups is 1. The van der Waals surface area contributed by atoms with Gasteiger partial charge in [-0.3, -0.25) is 0 Å². The SMILES string of the molecule is COc1cc(C=CC(=O)OCC[Si](C)(C)CN(C)C)cc(OC)c1O. The number of ether oxygens (including phenoxy) is 3. The molecule has 0 unspecified atom stereocenters. The van der Waals surface area contributed by atoms with Gasteiger partial charge < -0.3 is 24.2 Å². The van der Waals surface area contributed by atoms with Gasteiger partial charge in [0.1, 0.15) is 0 Å². The molecule has 0 aliphatic rings. The summed E-state index contributed by atoms with van der Waals surface area (Å²) in [5.74, 6) is 0.103. The zero-order valence-corrected chi connectivity index (χ0v) is 17.0. The second-order valence-electron chi connectivity index (χ2n) is 6.93. The van der Waals surface area contributed by atoms with E-state index in [0.717, 1.165) is 12.2 Å². The fourth-order valence-electron chi connectivity index (χ4n) is 2.59. The van der Waals surface area contributed by atoms with E-state index in [9.17, 15) is 9.90 Å². The summed E-state index contributed by atoms with van der Waals surface area (Å²) >= 11 is 0. The number of phenolic OH excluding ortho intramolecular Hbond substituents is 1. The van der Waals surface area contributed by atoms with Crippen LogP contribution >= 0.6 is 0 Å². The van der Waals surface area contributed by atoms with Crippen LogP contribution < -0.4 is 9.47 Å². The van der Waals surface area contributed by atoms with Crippen LogP contribution in [0.3, 0.4) is 0 Å². The summed E-state index contributed by atoms with van der Waals surface area (Å²) < 4.78 is 15.5. The van der Waals surface area contributed by atoms with Gasteiger partial charge in [0.25, 0.3) is 0 Å². The van der Waals surface area contributed by atoms with E-state index in [4.69, 9.17) is 14.2 Å². The molecule has 0 aliphatic heterocycles. The molecule has 0 radical (unpaired) electrons. The van der Waals surface area contributed by atoms with Gasteiger partial charge in [-0.15, -0.1) is 0 Å². The smallest absolute Gasteiger partial charge is 0.330 e. The highest BCUT2D eigenvalue weighted by atomic mass is 28.3. The maximum Gasteiger partial charge on any atom is 0.330 e. The van der Waals surface area contributed by atoms with E-state index in [-0.39, 0.29) is 23.2 Å². The second kappa shape index (κ2) is 9.48. The standard InChI is InChI=1S/C18H29NO5Si/c1-19(2)13-25(5,6)10-9-24-17(20)8-7-14-11-15(22-3)18(21)16(12-14)23-4/h7-8,11-12,21H,9-10,13H2,1-6H3. The molecule has 7 heteroatoms. The number of benzene rings is 1. The monoisotopic (exact) mass is 367 g/mol. The number of phenols is 1. The van der Waals surface area contributed by atoms with Crippen molar-refractivity contribution in [3.8, 4) is 17.2 Å². The summed E-state index contributed by atoms with van der Waals surface area (Å²) in [6.45, 7) is 5.00. The highest BCUT2D eigenvalue weighted by Gasteiger charge is 2.21. The van der Waals surface area contributed by atoms with Gasteiger partial charge in [-0.1, -0.05) is 13.1 Å². The summed E-state index contributed by atoms with van der Waals surface area (Å²) in [5.41, 5.74) is 0.672. The average molecular weight is 368 g/mol. The quantitative estimate of drug-likeness (QED) is 0.411. The second-order valence-corrected chi connectivity index (χ2v) is 12.1. The van der Waals surface area contributed by atoms with Gasteiger partial charge in [-0.05, 0) is 50.1 Å². The molecule has 0 saturated carbocycles. The normalized spacial score (nSPS) is 11.8. The Morgan fingerprint density at radius 1 is 1.20 bits per heavy atom. The number of hydrogen-bond acceptors (Lipinski definition) is 6. The number of nitrogens with zero attached hydrogens (tertiary/aromatic N) is 1. The van der Waals surface area contributed by atoms with Crippen LogP contribution in [0.1, 0.15) is 5.56 Å². The Morgan fingerprint density at radius 3 is 2.24 bits per heavy atom. The minimum atomic E-state index is -1.39. The first-order valence-electron chi connectivity index (χ1n) is 8.13. The van der Waals surface area contributed by atoms with Crippen LogP contribution in [0.15, 0.2) is 18.2 Å². The van der Waals surface area contributed by atoms with Gasteiger partial charge in [0.05, 0.1) is 28.9 Å². The molecular weight excluding hydrogens is 338 g/mol. The number of methoxy groups -OCH3 is 2. The third-order valence-corrected chi connectivity index (χ3v) is 6.73. The average Bonchev–Trinajstić information content (AvgIpc) is 2.52. The van der Waals surface area contributed by atoms with Crippen LogP contribution in [0.4, 0.5) is 0 Å². The number of aromatic hydroxyl groups is 1. The molecule has 25 heavy (non-hydrogen) atoms. The molecule has 0 aromatic heterocycles. The molecule has 0 aliphatic carbocycles. The topological polar surface area (TPSA) is 68.2 Å². The lowest BCUT2D eigenvalue weighted by Gasteiger charge is -2.25. The lowest BCUT2D eigenvalue weighted by Crippen LogP contribution is -2.40. The Hall–Kier alpha value is -1.99. The molecular formula is C18H29NO5Si. The van der Waals surface area contributed by atoms with Crippen LogP contribution in [0.25, 0.3) is 6.08 Å². The number of rotatable bonds is 9. The lowest BCUT2D eigenvalue weighted by atomic mass is 10.1. The summed E-state index contributed by atoms with van der Waals surface area (Å²) in [7, 11) is 5.64. The highest BCUT2D eigenvalue weighted by molar-refractivity contribution is 6.77. The maximum atomic E-state index is 11.9. The molecule has 0 spiro atoms. The molecule has 0 saturated heterocycles. The molecule has 1 rings (SSSR count). The van der Waals surface area contributed by atoms with Crippen LogP contribution in [-0.4, -0.2) is 65.1 Å². The van der Waals surface area contributed by atoms with Crippen molar-refractivity contribution in [2.75, 3.05) is 41.1 Å². The molecule has 140 valence electrons. The first kappa shape index (κ1) is 21.1. The Kier molecular flexibility index (Phi) is 7.98. The molecule has 0 bridgehead atoms. The van der Waals surface area contributed by atoms with Crippen LogP contribution in [0.2, 0.25) is 19.1 Å². The Labute approximate surface area is 151 Å². The van der Waals surface area contributed by atoms with Gasteiger partial charge in [-0.2, -0.15) is 0 Å². The van der Waals surface area contributed by atoms with Crippen molar-refractivity contribution in [3.05, 3.63) is 23.8 Å². The van der Waals surface area contributed by atoms with E-state index < -0.39 is 8.07 Å². The van der Waals surface area contributed by atoms with Crippen molar-refractivity contribution >= 4 is 20.1 Å². The van der Waals surface area contributed by atoms with Crippen LogP contribution in [0.5, 0.6) is 17.2 Å². The highest BCUT2D eigenvalue weighted by Crippen LogP contribution is 2.37. The van der Waals surface area contributed by atoms with Gasteiger partial charge in [0, 0.05) is 6.08 Å². The number of carbonyl (C=O) groups excluding carboxylic acids is 1. The van der Waals surface area contributed by atoms with Crippen LogP contribution in [0, 0.1) is 0 Å². The van der Waals surface area contributed by atoms with Gasteiger partial charge in [0.2, 0.25) is 5.75 Å². The predicted molar refractivity (Wildman–Crippen MR) is 102 cm³/mol. The number of esters is 1. The van der Waals surface area contributed by atoms with Crippen molar-refractivity contribution in [3.63, 3.8) is 0 Å². The Morgan fingerprint density at radius 2 is 1.76 bits per heavy atom. The van der Waals surface area contributed by atoms with E-state index >= 15 is 0 Å². The van der Waals surface area contributed by atoms with E-state index in [1.54, 1.807) is 18.2 Å². The third kappa shape index (κ3) is 7.19. The fraction of sp³-hybridized carbons (Fsp3) is 0.500. The molecule has 1 aromatic rings. The first-order chi connectivity index (χ1) is 11.7. The van der Waals surface area contributed by atoms with Crippen molar-refractivity contribution in [1.82, 2.24) is 4.90 Å². The van der Waals surface area contributed by atoms with Gasteiger partial charge >= 0.3 is 5.97 Å². The van der Waals surface area contributed by atoms with Gasteiger partial charge in [0.15, 0.2) is 11.5 Å². The molecule has 0 amide bonds. The Bertz CT molecular complexity index is 588. The van der Waals surface area contributed by atoms with Crippen molar-refractivity contribution in [2.45, 2.75) is 19.1 Å². The van der Waals surface area contributed by atoms with E-state index in [0.29, 0.717) is 12.2 Å². The molecule has 0 fully saturated rings. The van der Waals surface area contributed by atoms with E-state index in [1.165, 1.54) is 20.3 Å². The largest absolute Gasteiger partial charge is 0.502 e. The molecule has 1 N–H and O–H groups in total. The minimum Gasteiger partial charge on any atom is -0.502 e. The maximum absolute atomic E-state index is 11.9. The summed E-state index contributed by atoms with van der Waals surface area (Å²) in [6, 6.07) is 4.16. The third-order valence-electron chi connectivity index (χ3n) is 3.68. The predicted octanol–water partition coefficient (Wildman–Crippen LogP) is 2.78. The van der Waals surface area contributed by atoms with Gasteiger partial charge in [-0.25, -0.2) is 4.79 Å². The van der Waals surface area contributed by atoms with Crippen molar-refractivity contribution in [2.24, 2.45) is 0 Å². The van der Waals surface area contributed by atoms with Crippen molar-refractivity contribution < 1.29 is 24.1 Å². The summed E-state index contributed by atoms with van der Waals surface area (Å²) in [4.78, 5) is 14.1.